The van der Waals surface area contributed by atoms with Crippen LogP contribution in [0.25, 0.3) is 21.1 Å². The summed E-state index contributed by atoms with van der Waals surface area (Å²) in [5, 5.41) is 1.12. The monoisotopic (exact) mass is 448 g/mol. The smallest absolute Gasteiger partial charge is 0.314 e. The van der Waals surface area contributed by atoms with Gasteiger partial charge < -0.3 is 9.72 Å². The number of halogens is 3. The number of esters is 1. The van der Waals surface area contributed by atoms with Gasteiger partial charge in [-0.25, -0.2) is 13.8 Å². The average Bonchev–Trinajstić information content (AvgIpc) is 3.15. The molecular weight excluding hydrogens is 434 g/mol. The van der Waals surface area contributed by atoms with E-state index in [4.69, 9.17) is 16.3 Å². The molecule has 1 atom stereocenters. The van der Waals surface area contributed by atoms with Crippen molar-refractivity contribution in [3.8, 4) is 0 Å². The van der Waals surface area contributed by atoms with Gasteiger partial charge in [0.15, 0.2) is 11.6 Å². The minimum absolute atomic E-state index is 0.0169. The number of ether oxygens (including phenoxy) is 1. The van der Waals surface area contributed by atoms with Crippen LogP contribution in [-0.4, -0.2) is 22.5 Å². The fourth-order valence-electron chi connectivity index (χ4n) is 3.28. The number of nitrogens with zero attached hydrogens (tertiary/aromatic N) is 1. The van der Waals surface area contributed by atoms with E-state index in [1.54, 1.807) is 25.1 Å². The number of nitrogens with one attached hydrogen (secondary N) is 1. The number of aromatic nitrogens is 2. The van der Waals surface area contributed by atoms with E-state index in [1.165, 1.54) is 0 Å². The van der Waals surface area contributed by atoms with Crippen LogP contribution in [0, 0.1) is 11.6 Å². The second kappa shape index (κ2) is 8.12. The Bertz CT molecular complexity index is 1340. The first-order valence-electron chi connectivity index (χ1n) is 9.10. The molecule has 0 radical (unpaired) electrons. The molecule has 2 aromatic heterocycles. The van der Waals surface area contributed by atoms with Gasteiger partial charge in [-0.05, 0) is 30.5 Å². The quantitative estimate of drug-likeness (QED) is 0.346. The Morgan fingerprint density at radius 2 is 2.07 bits per heavy atom. The highest BCUT2D eigenvalue weighted by atomic mass is 35.5. The summed E-state index contributed by atoms with van der Waals surface area (Å²) < 4.78 is 33.2. The number of fused-ring (bicyclic) bond motifs is 2. The molecule has 154 valence electrons. The molecule has 9 heteroatoms. The van der Waals surface area contributed by atoms with E-state index in [9.17, 15) is 18.4 Å². The molecule has 2 aromatic carbocycles. The van der Waals surface area contributed by atoms with Crippen LogP contribution in [0.2, 0.25) is 5.02 Å². The summed E-state index contributed by atoms with van der Waals surface area (Å²) in [5.74, 6) is -3.77. The Labute approximate surface area is 178 Å². The van der Waals surface area contributed by atoms with Gasteiger partial charge in [0, 0.05) is 17.5 Å². The van der Waals surface area contributed by atoms with Crippen molar-refractivity contribution in [3.63, 3.8) is 0 Å². The third kappa shape index (κ3) is 3.68. The van der Waals surface area contributed by atoms with E-state index in [-0.39, 0.29) is 33.8 Å². The van der Waals surface area contributed by atoms with Crippen LogP contribution in [0.1, 0.15) is 23.4 Å². The van der Waals surface area contributed by atoms with Gasteiger partial charge in [0.1, 0.15) is 5.52 Å². The number of para-hydroxylation sites is 1. The maximum Gasteiger partial charge on any atom is 0.314 e. The summed E-state index contributed by atoms with van der Waals surface area (Å²) in [6.07, 6.45) is -0.0169. The summed E-state index contributed by atoms with van der Waals surface area (Å²) in [6, 6.07) is 9.70. The third-order valence-electron chi connectivity index (χ3n) is 4.67. The molecule has 0 bridgehead atoms. The van der Waals surface area contributed by atoms with Crippen LogP contribution in [0.5, 0.6) is 0 Å². The zero-order valence-electron chi connectivity index (χ0n) is 15.7. The third-order valence-corrected chi connectivity index (χ3v) is 6.19. The lowest BCUT2D eigenvalue weighted by atomic mass is 9.96. The highest BCUT2D eigenvalue weighted by molar-refractivity contribution is 7.19. The number of carbonyl (C=O) groups excluding carboxylic acids is 1. The van der Waals surface area contributed by atoms with E-state index >= 15 is 0 Å². The zero-order chi connectivity index (χ0) is 21.4. The minimum Gasteiger partial charge on any atom is -0.466 e. The number of carbonyl (C=O) groups is 1. The summed E-state index contributed by atoms with van der Waals surface area (Å²) >= 11 is 7.07. The maximum atomic E-state index is 14.1. The number of hydrogen-bond acceptors (Lipinski definition) is 5. The predicted octanol–water partition coefficient (Wildman–Crippen LogP) is 4.96. The molecule has 1 unspecified atom stereocenters. The molecule has 0 saturated carbocycles. The highest BCUT2D eigenvalue weighted by Crippen LogP contribution is 2.34. The fraction of sp³-hybridized carbons (Fsp3) is 0.190. The molecule has 0 aliphatic rings. The number of rotatable bonds is 5. The lowest BCUT2D eigenvalue weighted by Gasteiger charge is -2.14. The first-order valence-corrected chi connectivity index (χ1v) is 10.3. The molecule has 1 N–H and O–H groups in total. The minimum atomic E-state index is -1.10. The molecule has 0 aliphatic carbocycles. The Balaban J connectivity index is 1.81. The van der Waals surface area contributed by atoms with Crippen LogP contribution in [-0.2, 0) is 16.0 Å². The van der Waals surface area contributed by atoms with Crippen molar-refractivity contribution in [2.75, 3.05) is 6.61 Å². The van der Waals surface area contributed by atoms with Gasteiger partial charge in [-0.2, -0.15) is 0 Å². The number of benzene rings is 2. The summed E-state index contributed by atoms with van der Waals surface area (Å²) in [6.45, 7) is 1.79. The molecule has 30 heavy (non-hydrogen) atoms. The summed E-state index contributed by atoms with van der Waals surface area (Å²) in [5.41, 5.74) is 0.223. The maximum absolute atomic E-state index is 14.1. The van der Waals surface area contributed by atoms with Gasteiger partial charge in [-0.1, -0.05) is 29.8 Å². The van der Waals surface area contributed by atoms with Crippen LogP contribution < -0.4 is 5.56 Å². The number of hydrogen-bond donors (Lipinski definition) is 1. The van der Waals surface area contributed by atoms with Crippen molar-refractivity contribution < 1.29 is 18.3 Å². The molecule has 5 nitrogen and oxygen atoms in total. The number of pyridine rings is 1. The Kier molecular flexibility index (Phi) is 5.53. The largest absolute Gasteiger partial charge is 0.466 e. The second-order valence-corrected chi connectivity index (χ2v) is 8.08. The van der Waals surface area contributed by atoms with Crippen LogP contribution in [0.4, 0.5) is 8.78 Å². The van der Waals surface area contributed by atoms with Crippen molar-refractivity contribution in [1.82, 2.24) is 9.97 Å². The molecule has 0 amide bonds. The van der Waals surface area contributed by atoms with E-state index in [2.05, 4.69) is 9.97 Å². The van der Waals surface area contributed by atoms with E-state index in [0.717, 1.165) is 22.8 Å². The summed E-state index contributed by atoms with van der Waals surface area (Å²) in [4.78, 5) is 32.3. The van der Waals surface area contributed by atoms with Gasteiger partial charge in [0.2, 0.25) is 0 Å². The number of H-pyrrole nitrogens is 1. The van der Waals surface area contributed by atoms with Gasteiger partial charge in [-0.15, -0.1) is 11.3 Å². The van der Waals surface area contributed by atoms with Gasteiger partial charge >= 0.3 is 5.97 Å². The standard InChI is InChI=1S/C21H15ClF2N2O3S/c1-2-29-21(28)12(11-7-10-5-3-4-6-15(10)25-20(11)27)8-16-26-18-17(24)14(23)9-13(22)19(18)30-16/h3-7,9,12H,2,8H2,1H3,(H,25,27). The van der Waals surface area contributed by atoms with Crippen molar-refractivity contribution >= 4 is 50.0 Å². The van der Waals surface area contributed by atoms with Crippen LogP contribution in [0.15, 0.2) is 41.2 Å². The zero-order valence-corrected chi connectivity index (χ0v) is 17.2. The average molecular weight is 449 g/mol. The molecule has 2 heterocycles. The predicted molar refractivity (Wildman–Crippen MR) is 112 cm³/mol. The normalized spacial score (nSPS) is 12.4. The summed E-state index contributed by atoms with van der Waals surface area (Å²) in [7, 11) is 0. The van der Waals surface area contributed by atoms with Gasteiger partial charge in [0.05, 0.1) is 27.3 Å². The first-order chi connectivity index (χ1) is 14.4. The molecule has 0 saturated heterocycles. The van der Waals surface area contributed by atoms with Crippen molar-refractivity contribution in [3.05, 3.63) is 74.0 Å². The lowest BCUT2D eigenvalue weighted by molar-refractivity contribution is -0.145. The number of thiazole rings is 1. The van der Waals surface area contributed by atoms with Crippen LogP contribution in [0.3, 0.4) is 0 Å². The Morgan fingerprint density at radius 3 is 2.83 bits per heavy atom. The molecule has 4 rings (SSSR count). The second-order valence-electron chi connectivity index (χ2n) is 6.59. The number of aromatic amines is 1. The van der Waals surface area contributed by atoms with Crippen LogP contribution >= 0.6 is 22.9 Å². The molecular formula is C21H15ClF2N2O3S. The van der Waals surface area contributed by atoms with Gasteiger partial charge in [-0.3, -0.25) is 9.59 Å². The molecule has 0 fully saturated rings. The molecule has 0 spiro atoms. The van der Waals surface area contributed by atoms with Crippen molar-refractivity contribution in [1.29, 1.82) is 0 Å². The van der Waals surface area contributed by atoms with Crippen molar-refractivity contribution in [2.45, 2.75) is 19.3 Å². The fourth-order valence-corrected chi connectivity index (χ4v) is 4.59. The first kappa shape index (κ1) is 20.4. The molecule has 4 aromatic rings. The topological polar surface area (TPSA) is 72.0 Å². The Hall–Kier alpha value is -2.84. The molecule has 0 aliphatic heterocycles. The van der Waals surface area contributed by atoms with Crippen molar-refractivity contribution in [2.24, 2.45) is 0 Å². The van der Waals surface area contributed by atoms with E-state index in [1.807, 2.05) is 12.1 Å². The van der Waals surface area contributed by atoms with E-state index < -0.39 is 29.1 Å². The van der Waals surface area contributed by atoms with E-state index in [0.29, 0.717) is 10.5 Å². The Morgan fingerprint density at radius 1 is 1.30 bits per heavy atom. The lowest BCUT2D eigenvalue weighted by Crippen LogP contribution is -2.25. The highest BCUT2D eigenvalue weighted by Gasteiger charge is 2.28. The SMILES string of the molecule is CCOC(=O)C(Cc1nc2c(F)c(F)cc(Cl)c2s1)c1cc2ccccc2[nH]c1=O. The van der Waals surface area contributed by atoms with Gasteiger partial charge in [0.25, 0.3) is 5.56 Å².